The van der Waals surface area contributed by atoms with E-state index in [1.807, 2.05) is 37.3 Å². The molecule has 0 aliphatic heterocycles. The van der Waals surface area contributed by atoms with Crippen LogP contribution in [0.1, 0.15) is 21.5 Å². The Kier molecular flexibility index (Phi) is 4.76. The van der Waals surface area contributed by atoms with E-state index in [2.05, 4.69) is 21.4 Å². The van der Waals surface area contributed by atoms with E-state index in [9.17, 15) is 4.79 Å². The number of nitrogen functional groups attached to an aromatic ring is 1. The number of nitrogens with one attached hydrogen (secondary N) is 1. The highest BCUT2D eigenvalue weighted by molar-refractivity contribution is 9.10. The maximum Gasteiger partial charge on any atom is 0.265 e. The first-order valence-corrected chi connectivity index (χ1v) is 6.89. The molecular weight excluding hydrogens is 320 g/mol. The lowest BCUT2D eigenvalue weighted by atomic mass is 10.1. The van der Waals surface area contributed by atoms with Gasteiger partial charge in [-0.3, -0.25) is 10.2 Å². The molecule has 2 rings (SSSR count). The quantitative estimate of drug-likeness (QED) is 0.513. The average molecular weight is 335 g/mol. The van der Waals surface area contributed by atoms with Crippen LogP contribution in [-0.2, 0) is 6.61 Å². The Morgan fingerprint density at radius 1 is 1.30 bits per heavy atom. The summed E-state index contributed by atoms with van der Waals surface area (Å²) < 4.78 is 6.76. The van der Waals surface area contributed by atoms with Gasteiger partial charge in [-0.15, -0.1) is 0 Å². The van der Waals surface area contributed by atoms with Crippen molar-refractivity contribution in [3.05, 3.63) is 63.6 Å². The molecule has 0 radical (unpaired) electrons. The van der Waals surface area contributed by atoms with E-state index in [4.69, 9.17) is 10.6 Å². The summed E-state index contributed by atoms with van der Waals surface area (Å²) in [7, 11) is 0. The molecule has 3 N–H and O–H groups in total. The third-order valence-corrected chi connectivity index (χ3v) is 3.81. The molecule has 0 heterocycles. The minimum Gasteiger partial charge on any atom is -0.489 e. The Bertz CT molecular complexity index is 629. The van der Waals surface area contributed by atoms with E-state index in [0.29, 0.717) is 12.2 Å². The van der Waals surface area contributed by atoms with E-state index in [1.165, 1.54) is 0 Å². The molecule has 0 bridgehead atoms. The SMILES string of the molecule is Cc1cc(OCc2ccccc2C(=O)NN)ccc1Br. The lowest BCUT2D eigenvalue weighted by Gasteiger charge is -2.11. The maximum atomic E-state index is 11.6. The van der Waals surface area contributed by atoms with Crippen LogP contribution in [0.4, 0.5) is 0 Å². The van der Waals surface area contributed by atoms with Crippen molar-refractivity contribution in [1.82, 2.24) is 5.43 Å². The smallest absolute Gasteiger partial charge is 0.265 e. The second-order valence-electron chi connectivity index (χ2n) is 4.33. The molecule has 0 aliphatic rings. The molecule has 4 nitrogen and oxygen atoms in total. The third-order valence-electron chi connectivity index (χ3n) is 2.92. The third kappa shape index (κ3) is 3.37. The van der Waals surface area contributed by atoms with Crippen LogP contribution in [0, 0.1) is 6.92 Å². The molecule has 2 aromatic carbocycles. The molecule has 0 saturated carbocycles. The number of benzene rings is 2. The highest BCUT2D eigenvalue weighted by Gasteiger charge is 2.09. The summed E-state index contributed by atoms with van der Waals surface area (Å²) in [6.07, 6.45) is 0. The largest absolute Gasteiger partial charge is 0.489 e. The number of nitrogens with two attached hydrogens (primary N) is 1. The summed E-state index contributed by atoms with van der Waals surface area (Å²) in [4.78, 5) is 11.6. The van der Waals surface area contributed by atoms with Crippen LogP contribution < -0.4 is 16.0 Å². The highest BCUT2D eigenvalue weighted by Crippen LogP contribution is 2.22. The van der Waals surface area contributed by atoms with Crippen LogP contribution in [-0.4, -0.2) is 5.91 Å². The number of carbonyl (C=O) groups excluding carboxylic acids is 1. The number of amides is 1. The molecule has 1 amide bonds. The van der Waals surface area contributed by atoms with Gasteiger partial charge >= 0.3 is 0 Å². The Balaban J connectivity index is 2.14. The molecule has 104 valence electrons. The number of rotatable bonds is 4. The Morgan fingerprint density at radius 3 is 2.75 bits per heavy atom. The Morgan fingerprint density at radius 2 is 2.05 bits per heavy atom. The fourth-order valence-corrected chi connectivity index (χ4v) is 2.06. The van der Waals surface area contributed by atoms with Crippen LogP contribution in [0.5, 0.6) is 5.75 Å². The maximum absolute atomic E-state index is 11.6. The summed E-state index contributed by atoms with van der Waals surface area (Å²) in [6, 6.07) is 13.0. The van der Waals surface area contributed by atoms with Gasteiger partial charge < -0.3 is 4.74 Å². The van der Waals surface area contributed by atoms with Crippen molar-refractivity contribution >= 4 is 21.8 Å². The highest BCUT2D eigenvalue weighted by atomic mass is 79.9. The first kappa shape index (κ1) is 14.6. The van der Waals surface area contributed by atoms with Gasteiger partial charge in [0.2, 0.25) is 0 Å². The van der Waals surface area contributed by atoms with Crippen molar-refractivity contribution in [3.63, 3.8) is 0 Å². The molecule has 20 heavy (non-hydrogen) atoms. The zero-order chi connectivity index (χ0) is 14.5. The van der Waals surface area contributed by atoms with Gasteiger partial charge in [-0.25, -0.2) is 5.84 Å². The van der Waals surface area contributed by atoms with Crippen LogP contribution in [0.15, 0.2) is 46.9 Å². The molecule has 0 aliphatic carbocycles. The van der Waals surface area contributed by atoms with Gasteiger partial charge in [-0.1, -0.05) is 34.1 Å². The van der Waals surface area contributed by atoms with Gasteiger partial charge in [0, 0.05) is 15.6 Å². The molecule has 0 unspecified atom stereocenters. The van der Waals surface area contributed by atoms with E-state index >= 15 is 0 Å². The van der Waals surface area contributed by atoms with Gasteiger partial charge in [-0.05, 0) is 36.8 Å². The molecule has 0 saturated heterocycles. The summed E-state index contributed by atoms with van der Waals surface area (Å²) in [6.45, 7) is 2.30. The average Bonchev–Trinajstić information content (AvgIpc) is 2.48. The predicted molar refractivity (Wildman–Crippen MR) is 81.3 cm³/mol. The first-order valence-electron chi connectivity index (χ1n) is 6.09. The van der Waals surface area contributed by atoms with Crippen LogP contribution in [0.25, 0.3) is 0 Å². The second kappa shape index (κ2) is 6.54. The number of ether oxygens (including phenoxy) is 1. The van der Waals surface area contributed by atoms with Crippen LogP contribution >= 0.6 is 15.9 Å². The fraction of sp³-hybridized carbons (Fsp3) is 0.133. The van der Waals surface area contributed by atoms with Crippen molar-refractivity contribution in [3.8, 4) is 5.75 Å². The van der Waals surface area contributed by atoms with Crippen molar-refractivity contribution < 1.29 is 9.53 Å². The van der Waals surface area contributed by atoms with Crippen LogP contribution in [0.3, 0.4) is 0 Å². The number of hydrogen-bond acceptors (Lipinski definition) is 3. The van der Waals surface area contributed by atoms with Crippen LogP contribution in [0.2, 0.25) is 0 Å². The second-order valence-corrected chi connectivity index (χ2v) is 5.18. The molecule has 0 fully saturated rings. The summed E-state index contributed by atoms with van der Waals surface area (Å²) in [5, 5.41) is 0. The fourth-order valence-electron chi connectivity index (χ4n) is 1.81. The van der Waals surface area contributed by atoms with Gasteiger partial charge in [0.1, 0.15) is 12.4 Å². The van der Waals surface area contributed by atoms with Gasteiger partial charge in [0.05, 0.1) is 0 Å². The van der Waals surface area contributed by atoms with Crippen molar-refractivity contribution in [2.45, 2.75) is 13.5 Å². The van der Waals surface area contributed by atoms with Crippen molar-refractivity contribution in [2.24, 2.45) is 5.84 Å². The Hall–Kier alpha value is -1.85. The molecule has 0 aromatic heterocycles. The standard InChI is InChI=1S/C15H15BrN2O2/c1-10-8-12(6-7-14(10)16)20-9-11-4-2-3-5-13(11)15(19)18-17/h2-8H,9,17H2,1H3,(H,18,19). The van der Waals surface area contributed by atoms with E-state index in [0.717, 1.165) is 21.3 Å². The molecule has 5 heteroatoms. The summed E-state index contributed by atoms with van der Waals surface area (Å²) >= 11 is 3.44. The number of hydrazine groups is 1. The Labute approximate surface area is 126 Å². The monoisotopic (exact) mass is 334 g/mol. The van der Waals surface area contributed by atoms with Crippen molar-refractivity contribution in [2.75, 3.05) is 0 Å². The number of carbonyl (C=O) groups is 1. The number of aryl methyl sites for hydroxylation is 1. The number of halogens is 1. The van der Waals surface area contributed by atoms with Crippen molar-refractivity contribution in [1.29, 1.82) is 0 Å². The molecule has 2 aromatic rings. The first-order chi connectivity index (χ1) is 9.61. The predicted octanol–water partition coefficient (Wildman–Crippen LogP) is 2.94. The zero-order valence-corrected chi connectivity index (χ0v) is 12.6. The van der Waals surface area contributed by atoms with Gasteiger partial charge in [0.15, 0.2) is 0 Å². The lowest BCUT2D eigenvalue weighted by molar-refractivity contribution is 0.0951. The van der Waals surface area contributed by atoms with E-state index < -0.39 is 0 Å². The number of hydrogen-bond donors (Lipinski definition) is 2. The van der Waals surface area contributed by atoms with Gasteiger partial charge in [0.25, 0.3) is 5.91 Å². The van der Waals surface area contributed by atoms with Gasteiger partial charge in [-0.2, -0.15) is 0 Å². The lowest BCUT2D eigenvalue weighted by Crippen LogP contribution is -2.30. The topological polar surface area (TPSA) is 64.3 Å². The normalized spacial score (nSPS) is 10.2. The minimum absolute atomic E-state index is 0.310. The minimum atomic E-state index is -0.323. The van der Waals surface area contributed by atoms with E-state index in [-0.39, 0.29) is 5.91 Å². The summed E-state index contributed by atoms with van der Waals surface area (Å²) in [5.41, 5.74) is 4.53. The molecule has 0 spiro atoms. The van der Waals surface area contributed by atoms with E-state index in [1.54, 1.807) is 12.1 Å². The molecule has 0 atom stereocenters. The molecular formula is C15H15BrN2O2. The zero-order valence-electron chi connectivity index (χ0n) is 11.0. The summed E-state index contributed by atoms with van der Waals surface area (Å²) in [5.74, 6) is 5.61.